The van der Waals surface area contributed by atoms with Crippen molar-refractivity contribution < 1.29 is 5.11 Å². The van der Waals surface area contributed by atoms with Crippen LogP contribution < -0.4 is 11.0 Å². The zero-order valence-corrected chi connectivity index (χ0v) is 12.1. The lowest BCUT2D eigenvalue weighted by Crippen LogP contribution is -2.39. The predicted octanol–water partition coefficient (Wildman–Crippen LogP) is 2.19. The zero-order valence-electron chi connectivity index (χ0n) is 10.5. The summed E-state index contributed by atoms with van der Waals surface area (Å²) in [6.07, 6.45) is 0. The van der Waals surface area contributed by atoms with Gasteiger partial charge in [0.05, 0.1) is 28.4 Å². The van der Waals surface area contributed by atoms with Crippen LogP contribution in [-0.2, 0) is 0 Å². The number of halogens is 1. The third-order valence-electron chi connectivity index (χ3n) is 3.04. The van der Waals surface area contributed by atoms with E-state index in [4.69, 9.17) is 0 Å². The van der Waals surface area contributed by atoms with Crippen LogP contribution in [-0.4, -0.2) is 26.7 Å². The topological polar surface area (TPSA) is 80.9 Å². The minimum atomic E-state index is -0.833. The first-order chi connectivity index (χ1) is 8.27. The van der Waals surface area contributed by atoms with E-state index in [0.29, 0.717) is 0 Å². The summed E-state index contributed by atoms with van der Waals surface area (Å²) in [6, 6.07) is 3.53. The number of H-pyrrole nitrogens is 2. The maximum absolute atomic E-state index is 11.2. The van der Waals surface area contributed by atoms with Crippen molar-refractivity contribution in [2.24, 2.45) is 0 Å². The summed E-state index contributed by atoms with van der Waals surface area (Å²) in [5.41, 5.74) is 1.24. The number of aromatic nitrogens is 2. The van der Waals surface area contributed by atoms with E-state index in [9.17, 15) is 9.90 Å². The number of fused-ring (bicyclic) bond motifs is 1. The molecule has 0 saturated carbocycles. The first-order valence-electron chi connectivity index (χ1n) is 5.68. The Kier molecular flexibility index (Phi) is 3.25. The van der Waals surface area contributed by atoms with Gasteiger partial charge in [-0.2, -0.15) is 0 Å². The maximum atomic E-state index is 11.2. The van der Waals surface area contributed by atoms with E-state index in [1.165, 1.54) is 0 Å². The molecule has 98 valence electrons. The number of imidazole rings is 1. The van der Waals surface area contributed by atoms with Crippen molar-refractivity contribution in [2.45, 2.75) is 32.4 Å². The highest BCUT2D eigenvalue weighted by molar-refractivity contribution is 9.10. The Morgan fingerprint density at radius 2 is 1.89 bits per heavy atom. The molecule has 0 fully saturated rings. The van der Waals surface area contributed by atoms with Gasteiger partial charge >= 0.3 is 5.69 Å². The molecule has 2 rings (SSSR count). The molecule has 1 unspecified atom stereocenters. The van der Waals surface area contributed by atoms with Crippen LogP contribution in [0, 0.1) is 0 Å². The number of rotatable bonds is 3. The zero-order chi connectivity index (χ0) is 13.5. The molecule has 18 heavy (non-hydrogen) atoms. The molecule has 2 aromatic rings. The molecule has 0 radical (unpaired) electrons. The van der Waals surface area contributed by atoms with Gasteiger partial charge in [0.2, 0.25) is 0 Å². The molecule has 0 spiro atoms. The van der Waals surface area contributed by atoms with E-state index >= 15 is 0 Å². The molecule has 0 aliphatic heterocycles. The molecule has 4 N–H and O–H groups in total. The Morgan fingerprint density at radius 3 is 2.44 bits per heavy atom. The number of hydrogen-bond donors (Lipinski definition) is 4. The van der Waals surface area contributed by atoms with E-state index in [0.717, 1.165) is 21.2 Å². The fourth-order valence-electron chi connectivity index (χ4n) is 1.58. The van der Waals surface area contributed by atoms with E-state index in [1.54, 1.807) is 13.8 Å². The van der Waals surface area contributed by atoms with Gasteiger partial charge in [-0.1, -0.05) is 0 Å². The highest BCUT2D eigenvalue weighted by atomic mass is 79.9. The van der Waals surface area contributed by atoms with Crippen LogP contribution in [0.4, 0.5) is 5.69 Å². The van der Waals surface area contributed by atoms with E-state index in [1.807, 2.05) is 19.1 Å². The highest BCUT2D eigenvalue weighted by Gasteiger charge is 2.22. The van der Waals surface area contributed by atoms with Gasteiger partial charge in [-0.3, -0.25) is 0 Å². The number of anilines is 1. The fraction of sp³-hybridized carbons (Fsp3) is 0.417. The first kappa shape index (κ1) is 13.2. The molecule has 1 atom stereocenters. The fourth-order valence-corrected chi connectivity index (χ4v) is 2.03. The summed E-state index contributed by atoms with van der Waals surface area (Å²) in [5, 5.41) is 13.1. The monoisotopic (exact) mass is 313 g/mol. The molecule has 6 heteroatoms. The van der Waals surface area contributed by atoms with Gasteiger partial charge in [-0.15, -0.1) is 0 Å². The Hall–Kier alpha value is -1.27. The number of aromatic amines is 2. The number of nitrogens with one attached hydrogen (secondary N) is 3. The van der Waals surface area contributed by atoms with Gasteiger partial charge in [0.15, 0.2) is 0 Å². The number of hydrogen-bond acceptors (Lipinski definition) is 3. The van der Waals surface area contributed by atoms with Crippen LogP contribution in [0.2, 0.25) is 0 Å². The Bertz CT molecular complexity index is 624. The summed E-state index contributed by atoms with van der Waals surface area (Å²) in [7, 11) is 0. The second-order valence-corrected chi connectivity index (χ2v) is 5.83. The number of benzene rings is 1. The Morgan fingerprint density at radius 1 is 1.33 bits per heavy atom. The third-order valence-corrected chi connectivity index (χ3v) is 3.69. The van der Waals surface area contributed by atoms with Crippen LogP contribution in [0.3, 0.4) is 0 Å². The maximum Gasteiger partial charge on any atom is 0.323 e. The molecular formula is C12H16BrN3O2. The van der Waals surface area contributed by atoms with Gasteiger partial charge < -0.3 is 20.4 Å². The molecule has 0 saturated heterocycles. The minimum absolute atomic E-state index is 0.128. The summed E-state index contributed by atoms with van der Waals surface area (Å²) >= 11 is 3.44. The van der Waals surface area contributed by atoms with Gasteiger partial charge in [0, 0.05) is 4.47 Å². The van der Waals surface area contributed by atoms with Crippen LogP contribution in [0.1, 0.15) is 20.8 Å². The van der Waals surface area contributed by atoms with Crippen LogP contribution in [0.15, 0.2) is 21.4 Å². The van der Waals surface area contributed by atoms with Crippen LogP contribution in [0.5, 0.6) is 0 Å². The lowest BCUT2D eigenvalue weighted by molar-refractivity contribution is 0.0649. The van der Waals surface area contributed by atoms with Crippen molar-refractivity contribution in [3.63, 3.8) is 0 Å². The van der Waals surface area contributed by atoms with E-state index in [2.05, 4.69) is 31.2 Å². The van der Waals surface area contributed by atoms with Crippen LogP contribution in [0.25, 0.3) is 11.0 Å². The molecular weight excluding hydrogens is 298 g/mol. The van der Waals surface area contributed by atoms with E-state index in [-0.39, 0.29) is 11.7 Å². The molecule has 5 nitrogen and oxygen atoms in total. The summed E-state index contributed by atoms with van der Waals surface area (Å²) in [6.45, 7) is 5.39. The lowest BCUT2D eigenvalue weighted by atomic mass is 10.0. The first-order valence-corrected chi connectivity index (χ1v) is 6.47. The average molecular weight is 314 g/mol. The molecule has 0 aliphatic rings. The second kappa shape index (κ2) is 4.44. The molecule has 1 heterocycles. The smallest absolute Gasteiger partial charge is 0.323 e. The molecule has 0 bridgehead atoms. The predicted molar refractivity (Wildman–Crippen MR) is 76.0 cm³/mol. The van der Waals surface area contributed by atoms with Gasteiger partial charge in [0.25, 0.3) is 0 Å². The molecule has 0 amide bonds. The average Bonchev–Trinajstić information content (AvgIpc) is 2.56. The van der Waals surface area contributed by atoms with Gasteiger partial charge in [-0.25, -0.2) is 4.79 Å². The molecule has 1 aromatic carbocycles. The minimum Gasteiger partial charge on any atom is -0.388 e. The Balaban J connectivity index is 2.39. The normalized spacial score (nSPS) is 13.8. The van der Waals surface area contributed by atoms with E-state index < -0.39 is 5.60 Å². The third kappa shape index (κ3) is 2.59. The lowest BCUT2D eigenvalue weighted by Gasteiger charge is -2.28. The van der Waals surface area contributed by atoms with Crippen molar-refractivity contribution >= 4 is 32.7 Å². The van der Waals surface area contributed by atoms with Crippen molar-refractivity contribution in [2.75, 3.05) is 5.32 Å². The summed E-state index contributed by atoms with van der Waals surface area (Å²) in [4.78, 5) is 16.6. The molecule has 0 aliphatic carbocycles. The highest BCUT2D eigenvalue weighted by Crippen LogP contribution is 2.28. The standard InChI is InChI=1S/C12H16BrN3O2/c1-6(12(2,3)18)14-8-5-10-9(4-7(8)13)15-11(17)16-10/h4-6,14,18H,1-3H3,(H2,15,16,17). The van der Waals surface area contributed by atoms with Crippen molar-refractivity contribution in [1.82, 2.24) is 9.97 Å². The van der Waals surface area contributed by atoms with Crippen LogP contribution >= 0.6 is 15.9 Å². The largest absolute Gasteiger partial charge is 0.388 e. The Labute approximate surface area is 113 Å². The summed E-state index contributed by atoms with van der Waals surface area (Å²) in [5.74, 6) is 0. The van der Waals surface area contributed by atoms with Gasteiger partial charge in [0.1, 0.15) is 0 Å². The van der Waals surface area contributed by atoms with Crippen molar-refractivity contribution in [1.29, 1.82) is 0 Å². The SMILES string of the molecule is CC(Nc1cc2[nH]c(=O)[nH]c2cc1Br)C(C)(C)O. The van der Waals surface area contributed by atoms with Gasteiger partial charge in [-0.05, 0) is 48.8 Å². The quantitative estimate of drug-likeness (QED) is 0.701. The van der Waals surface area contributed by atoms with Crippen molar-refractivity contribution in [3.05, 3.63) is 27.1 Å². The molecule has 1 aromatic heterocycles. The number of aliphatic hydroxyl groups is 1. The van der Waals surface area contributed by atoms with Crippen molar-refractivity contribution in [3.8, 4) is 0 Å². The summed E-state index contributed by atoms with van der Waals surface area (Å²) < 4.78 is 0.835. The second-order valence-electron chi connectivity index (χ2n) is 4.98.